The van der Waals surface area contributed by atoms with Crippen LogP contribution in [0.1, 0.15) is 36.9 Å². The molecule has 2 rings (SSSR count). The first-order chi connectivity index (χ1) is 13.5. The first-order valence-electron chi connectivity index (χ1n) is 8.64. The monoisotopic (exact) mass is 391 g/mol. The Bertz CT molecular complexity index is 834. The van der Waals surface area contributed by atoms with E-state index < -0.39 is 16.7 Å². The molecule has 0 bridgehead atoms. The number of carbonyl (C=O) groups excluding carboxylic acids is 1. The number of nitro groups is 1. The van der Waals surface area contributed by atoms with Gasteiger partial charge in [-0.3, -0.25) is 14.9 Å². The fraction of sp³-hybridized carbons (Fsp3) is 0.333. The van der Waals surface area contributed by atoms with Crippen molar-refractivity contribution in [3.8, 4) is 17.2 Å². The van der Waals surface area contributed by atoms with E-state index in [0.29, 0.717) is 37.1 Å². The fourth-order valence-electron chi connectivity index (χ4n) is 2.25. The standard InChI is InChI=1S/C18H21N3O7/c1-4-25-14-9-12(10-15(26-5-2)17(14)27-6-3)18(22)20-19-11-13-7-8-16(28-13)21(23)24/h7-11H,4-6H2,1-3H3,(H,20,22). The topological polar surface area (TPSA) is 125 Å². The van der Waals surface area contributed by atoms with Crippen LogP contribution in [0.25, 0.3) is 0 Å². The molecule has 10 heteroatoms. The van der Waals surface area contributed by atoms with Crippen LogP contribution >= 0.6 is 0 Å². The van der Waals surface area contributed by atoms with Crippen molar-refractivity contribution in [1.82, 2.24) is 5.43 Å². The predicted octanol–water partition coefficient (Wildman–Crippen LogP) is 3.15. The van der Waals surface area contributed by atoms with Crippen LogP contribution in [0.2, 0.25) is 0 Å². The lowest BCUT2D eigenvalue weighted by atomic mass is 10.1. The Labute approximate surface area is 161 Å². The molecule has 10 nitrogen and oxygen atoms in total. The number of amides is 1. The summed E-state index contributed by atoms with van der Waals surface area (Å²) in [7, 11) is 0. The lowest BCUT2D eigenvalue weighted by molar-refractivity contribution is -0.402. The summed E-state index contributed by atoms with van der Waals surface area (Å²) in [6, 6.07) is 5.61. The van der Waals surface area contributed by atoms with Gasteiger partial charge in [0.1, 0.15) is 4.92 Å². The quantitative estimate of drug-likeness (QED) is 0.374. The van der Waals surface area contributed by atoms with E-state index in [4.69, 9.17) is 18.6 Å². The zero-order valence-electron chi connectivity index (χ0n) is 15.8. The van der Waals surface area contributed by atoms with E-state index >= 15 is 0 Å². The molecular weight excluding hydrogens is 370 g/mol. The number of nitrogens with one attached hydrogen (secondary N) is 1. The third kappa shape index (κ3) is 5.22. The number of carbonyl (C=O) groups is 1. The Morgan fingerprint density at radius 2 is 1.75 bits per heavy atom. The highest BCUT2D eigenvalue weighted by atomic mass is 16.6. The normalized spacial score (nSPS) is 10.7. The van der Waals surface area contributed by atoms with E-state index in [0.717, 1.165) is 6.21 Å². The molecule has 1 N–H and O–H groups in total. The third-order valence-corrected chi connectivity index (χ3v) is 3.32. The Hall–Kier alpha value is -3.56. The molecule has 0 saturated carbocycles. The molecule has 0 radical (unpaired) electrons. The maximum Gasteiger partial charge on any atom is 0.433 e. The van der Waals surface area contributed by atoms with Crippen LogP contribution in [0.4, 0.5) is 5.88 Å². The number of furan rings is 1. The summed E-state index contributed by atoms with van der Waals surface area (Å²) in [6.07, 6.45) is 1.16. The second kappa shape index (κ2) is 9.95. The van der Waals surface area contributed by atoms with Crippen LogP contribution in [-0.2, 0) is 0 Å². The molecule has 0 aliphatic heterocycles. The van der Waals surface area contributed by atoms with Crippen molar-refractivity contribution >= 4 is 18.0 Å². The Kier molecular flexibility index (Phi) is 7.37. The van der Waals surface area contributed by atoms with E-state index in [1.54, 1.807) is 0 Å². The summed E-state index contributed by atoms with van der Waals surface area (Å²) >= 11 is 0. The Morgan fingerprint density at radius 1 is 1.14 bits per heavy atom. The van der Waals surface area contributed by atoms with E-state index in [1.165, 1.54) is 24.3 Å². The molecule has 0 aliphatic rings. The number of rotatable bonds is 10. The van der Waals surface area contributed by atoms with Gasteiger partial charge in [0.05, 0.1) is 32.1 Å². The van der Waals surface area contributed by atoms with Gasteiger partial charge >= 0.3 is 5.88 Å². The van der Waals surface area contributed by atoms with E-state index in [9.17, 15) is 14.9 Å². The van der Waals surface area contributed by atoms with Gasteiger partial charge in [-0.2, -0.15) is 5.10 Å². The van der Waals surface area contributed by atoms with Gasteiger partial charge < -0.3 is 18.6 Å². The zero-order chi connectivity index (χ0) is 20.5. The minimum absolute atomic E-state index is 0.128. The molecule has 1 amide bonds. The predicted molar refractivity (Wildman–Crippen MR) is 100 cm³/mol. The summed E-state index contributed by atoms with van der Waals surface area (Å²) in [5, 5.41) is 14.3. The molecular formula is C18H21N3O7. The number of benzene rings is 1. The summed E-state index contributed by atoms with van der Waals surface area (Å²) in [5.41, 5.74) is 2.57. The average Bonchev–Trinajstić information content (AvgIpc) is 3.13. The summed E-state index contributed by atoms with van der Waals surface area (Å²) in [4.78, 5) is 22.3. The molecule has 0 atom stereocenters. The van der Waals surface area contributed by atoms with Crippen LogP contribution < -0.4 is 19.6 Å². The lowest BCUT2D eigenvalue weighted by Crippen LogP contribution is -2.18. The molecule has 0 saturated heterocycles. The largest absolute Gasteiger partial charge is 0.490 e. The van der Waals surface area contributed by atoms with Crippen LogP contribution in [0, 0.1) is 10.1 Å². The number of nitrogens with zero attached hydrogens (tertiary/aromatic N) is 2. The Morgan fingerprint density at radius 3 is 2.25 bits per heavy atom. The molecule has 0 fully saturated rings. The fourth-order valence-corrected chi connectivity index (χ4v) is 2.25. The van der Waals surface area contributed by atoms with Crippen LogP contribution in [0.5, 0.6) is 17.2 Å². The van der Waals surface area contributed by atoms with Gasteiger partial charge in [-0.1, -0.05) is 0 Å². The van der Waals surface area contributed by atoms with E-state index in [2.05, 4.69) is 10.5 Å². The molecule has 0 aliphatic carbocycles. The van der Waals surface area contributed by atoms with Crippen molar-refractivity contribution < 1.29 is 28.3 Å². The van der Waals surface area contributed by atoms with Gasteiger partial charge in [0.25, 0.3) is 5.91 Å². The maximum absolute atomic E-state index is 12.4. The third-order valence-electron chi connectivity index (χ3n) is 3.32. The molecule has 0 unspecified atom stereocenters. The van der Waals surface area contributed by atoms with Crippen molar-refractivity contribution in [3.63, 3.8) is 0 Å². The van der Waals surface area contributed by atoms with Gasteiger partial charge in [0.15, 0.2) is 17.3 Å². The lowest BCUT2D eigenvalue weighted by Gasteiger charge is -2.16. The first-order valence-corrected chi connectivity index (χ1v) is 8.64. The van der Waals surface area contributed by atoms with Crippen LogP contribution in [0.3, 0.4) is 0 Å². The Balaban J connectivity index is 2.20. The smallest absolute Gasteiger partial charge is 0.433 e. The summed E-state index contributed by atoms with van der Waals surface area (Å²) in [5.74, 6) is 0.374. The van der Waals surface area contributed by atoms with Crippen molar-refractivity contribution in [2.24, 2.45) is 5.10 Å². The van der Waals surface area contributed by atoms with Gasteiger partial charge in [-0.25, -0.2) is 5.43 Å². The molecule has 150 valence electrons. The van der Waals surface area contributed by atoms with Gasteiger partial charge in [-0.15, -0.1) is 0 Å². The second-order valence-corrected chi connectivity index (χ2v) is 5.23. The number of hydrazone groups is 1. The summed E-state index contributed by atoms with van der Waals surface area (Å²) in [6.45, 7) is 6.63. The number of ether oxygens (including phenoxy) is 3. The summed E-state index contributed by atoms with van der Waals surface area (Å²) < 4.78 is 21.6. The van der Waals surface area contributed by atoms with Gasteiger partial charge in [0, 0.05) is 5.56 Å². The highest BCUT2D eigenvalue weighted by Crippen LogP contribution is 2.39. The molecule has 28 heavy (non-hydrogen) atoms. The zero-order valence-corrected chi connectivity index (χ0v) is 15.8. The molecule has 1 aromatic carbocycles. The van der Waals surface area contributed by atoms with Crippen molar-refractivity contribution in [3.05, 3.63) is 45.7 Å². The highest BCUT2D eigenvalue weighted by molar-refractivity contribution is 5.96. The van der Waals surface area contributed by atoms with Crippen molar-refractivity contribution in [1.29, 1.82) is 0 Å². The molecule has 0 spiro atoms. The highest BCUT2D eigenvalue weighted by Gasteiger charge is 2.18. The molecule has 1 aromatic heterocycles. The van der Waals surface area contributed by atoms with E-state index in [1.807, 2.05) is 20.8 Å². The number of hydrogen-bond donors (Lipinski definition) is 1. The molecule has 2 aromatic rings. The average molecular weight is 391 g/mol. The minimum atomic E-state index is -0.666. The first kappa shape index (κ1) is 20.7. The minimum Gasteiger partial charge on any atom is -0.490 e. The van der Waals surface area contributed by atoms with E-state index in [-0.39, 0.29) is 11.3 Å². The second-order valence-electron chi connectivity index (χ2n) is 5.23. The van der Waals surface area contributed by atoms with Gasteiger partial charge in [-0.05, 0) is 39.0 Å². The van der Waals surface area contributed by atoms with Crippen molar-refractivity contribution in [2.75, 3.05) is 19.8 Å². The SMILES string of the molecule is CCOc1cc(C(=O)NN=Cc2ccc([N+](=O)[O-])o2)cc(OCC)c1OCC. The number of hydrogen-bond acceptors (Lipinski definition) is 8. The van der Waals surface area contributed by atoms with Crippen molar-refractivity contribution in [2.45, 2.75) is 20.8 Å². The maximum atomic E-state index is 12.4. The molecule has 1 heterocycles. The van der Waals surface area contributed by atoms with Crippen LogP contribution in [0.15, 0.2) is 33.8 Å². The van der Waals surface area contributed by atoms with Crippen LogP contribution in [-0.4, -0.2) is 36.9 Å². The van der Waals surface area contributed by atoms with Gasteiger partial charge in [0.2, 0.25) is 5.75 Å².